The summed E-state index contributed by atoms with van der Waals surface area (Å²) in [7, 11) is -4.05. The Morgan fingerprint density at radius 3 is 2.84 bits per heavy atom. The lowest BCUT2D eigenvalue weighted by Crippen LogP contribution is -2.44. The molecule has 0 heterocycles. The van der Waals surface area contributed by atoms with Gasteiger partial charge in [-0.1, -0.05) is 12.8 Å². The Hall–Kier alpha value is -0.620. The van der Waals surface area contributed by atoms with Crippen LogP contribution >= 0.6 is 0 Å². The molecule has 3 aliphatic rings. The summed E-state index contributed by atoms with van der Waals surface area (Å²) in [6, 6.07) is 0. The van der Waals surface area contributed by atoms with E-state index in [1.165, 1.54) is 12.8 Å². The number of ether oxygens (including phenoxy) is 1. The smallest absolute Gasteiger partial charge is 0.312 e. The minimum atomic E-state index is -4.05. The highest BCUT2D eigenvalue weighted by atomic mass is 32.2. The highest BCUT2D eigenvalue weighted by molar-refractivity contribution is 7.85. The first-order valence-corrected chi connectivity index (χ1v) is 8.64. The van der Waals surface area contributed by atoms with Gasteiger partial charge in [0.2, 0.25) is 0 Å². The molecule has 0 spiro atoms. The van der Waals surface area contributed by atoms with E-state index in [-0.39, 0.29) is 18.0 Å². The third kappa shape index (κ3) is 2.29. The summed E-state index contributed by atoms with van der Waals surface area (Å²) < 4.78 is 35.1. The highest BCUT2D eigenvalue weighted by Gasteiger charge is 2.61. The quantitative estimate of drug-likeness (QED) is 0.628. The fraction of sp³-hybridized carbons (Fsp3) is 0.923. The SMILES string of the molecule is O=C(OCCS(=O)(=O)O)C12CCCC3CC(CC31)C2. The predicted molar refractivity (Wildman–Crippen MR) is 68.0 cm³/mol. The molecule has 3 aliphatic carbocycles. The highest BCUT2D eigenvalue weighted by Crippen LogP contribution is 2.64. The van der Waals surface area contributed by atoms with Crippen molar-refractivity contribution in [2.24, 2.45) is 23.2 Å². The van der Waals surface area contributed by atoms with Gasteiger partial charge >= 0.3 is 5.97 Å². The zero-order valence-electron chi connectivity index (χ0n) is 10.9. The number of rotatable bonds is 4. The van der Waals surface area contributed by atoms with Gasteiger partial charge in [-0.05, 0) is 43.4 Å². The minimum Gasteiger partial charge on any atom is -0.464 e. The third-order valence-corrected chi connectivity index (χ3v) is 6.02. The first-order chi connectivity index (χ1) is 8.91. The van der Waals surface area contributed by atoms with Gasteiger partial charge in [0.15, 0.2) is 0 Å². The molecular weight excluding hydrogens is 268 g/mol. The summed E-state index contributed by atoms with van der Waals surface area (Å²) in [5.41, 5.74) is -0.342. The molecule has 6 heteroatoms. The van der Waals surface area contributed by atoms with Crippen molar-refractivity contribution in [1.82, 2.24) is 0 Å². The number of carbonyl (C=O) groups excluding carboxylic acids is 1. The second-order valence-corrected chi connectivity index (χ2v) is 7.95. The maximum Gasteiger partial charge on any atom is 0.312 e. The number of fused-ring (bicyclic) bond motifs is 1. The van der Waals surface area contributed by atoms with E-state index in [1.807, 2.05) is 0 Å². The van der Waals surface area contributed by atoms with Gasteiger partial charge in [-0.2, -0.15) is 8.42 Å². The molecule has 1 N–H and O–H groups in total. The number of carbonyl (C=O) groups is 1. The van der Waals surface area contributed by atoms with E-state index in [2.05, 4.69) is 0 Å². The van der Waals surface area contributed by atoms with Crippen molar-refractivity contribution < 1.29 is 22.5 Å². The fourth-order valence-corrected chi connectivity index (χ4v) is 5.05. The zero-order valence-corrected chi connectivity index (χ0v) is 11.7. The van der Waals surface area contributed by atoms with Gasteiger partial charge in [0.25, 0.3) is 10.1 Å². The van der Waals surface area contributed by atoms with E-state index in [9.17, 15) is 13.2 Å². The fourth-order valence-electron chi connectivity index (χ4n) is 4.76. The Morgan fingerprint density at radius 1 is 1.37 bits per heavy atom. The molecule has 3 rings (SSSR count). The first-order valence-electron chi connectivity index (χ1n) is 7.03. The molecule has 0 aromatic rings. The van der Waals surface area contributed by atoms with Gasteiger partial charge in [0.05, 0.1) is 5.41 Å². The van der Waals surface area contributed by atoms with Crippen molar-refractivity contribution >= 4 is 16.1 Å². The first kappa shape index (κ1) is 13.4. The summed E-state index contributed by atoms with van der Waals surface area (Å²) in [5, 5.41) is 0. The van der Waals surface area contributed by atoms with Crippen molar-refractivity contribution in [1.29, 1.82) is 0 Å². The van der Waals surface area contributed by atoms with Gasteiger partial charge < -0.3 is 4.74 Å². The Bertz CT molecular complexity index is 485. The molecule has 108 valence electrons. The maximum absolute atomic E-state index is 12.4. The third-order valence-electron chi connectivity index (χ3n) is 5.33. The molecule has 2 bridgehead atoms. The second-order valence-electron chi connectivity index (χ2n) is 6.38. The zero-order chi connectivity index (χ0) is 13.7. The summed E-state index contributed by atoms with van der Waals surface area (Å²) in [6.45, 7) is -0.235. The lowest BCUT2D eigenvalue weighted by atomic mass is 9.61. The topological polar surface area (TPSA) is 80.7 Å². The van der Waals surface area contributed by atoms with Crippen LogP contribution in [0.1, 0.15) is 38.5 Å². The van der Waals surface area contributed by atoms with Crippen LogP contribution in [0.4, 0.5) is 0 Å². The van der Waals surface area contributed by atoms with E-state index >= 15 is 0 Å². The minimum absolute atomic E-state index is 0.229. The van der Waals surface area contributed by atoms with Crippen LogP contribution in [-0.4, -0.2) is 31.3 Å². The second kappa shape index (κ2) is 4.45. The van der Waals surface area contributed by atoms with E-state index < -0.39 is 15.9 Å². The van der Waals surface area contributed by atoms with Crippen LogP contribution in [0, 0.1) is 23.2 Å². The van der Waals surface area contributed by atoms with Crippen LogP contribution in [0.25, 0.3) is 0 Å². The Morgan fingerprint density at radius 2 is 2.16 bits per heavy atom. The molecule has 4 unspecified atom stereocenters. The Labute approximate surface area is 113 Å². The van der Waals surface area contributed by atoms with Crippen molar-refractivity contribution in [2.45, 2.75) is 38.5 Å². The molecule has 0 amide bonds. The number of hydrogen-bond acceptors (Lipinski definition) is 4. The van der Waals surface area contributed by atoms with Crippen molar-refractivity contribution in [3.05, 3.63) is 0 Å². The largest absolute Gasteiger partial charge is 0.464 e. The van der Waals surface area contributed by atoms with Crippen LogP contribution in [0.3, 0.4) is 0 Å². The average molecular weight is 288 g/mol. The molecule has 0 saturated heterocycles. The van der Waals surface area contributed by atoms with Gasteiger partial charge in [0, 0.05) is 0 Å². The maximum atomic E-state index is 12.4. The number of esters is 1. The molecule has 4 atom stereocenters. The molecule has 0 aromatic heterocycles. The van der Waals surface area contributed by atoms with E-state index in [0.717, 1.165) is 25.7 Å². The van der Waals surface area contributed by atoms with E-state index in [0.29, 0.717) is 17.8 Å². The lowest BCUT2D eigenvalue weighted by Gasteiger charge is -2.43. The summed E-state index contributed by atoms with van der Waals surface area (Å²) >= 11 is 0. The molecule has 0 aromatic carbocycles. The lowest BCUT2D eigenvalue weighted by molar-refractivity contribution is -0.163. The monoisotopic (exact) mass is 288 g/mol. The Kier molecular flexibility index (Phi) is 3.13. The van der Waals surface area contributed by atoms with Crippen molar-refractivity contribution in [3.8, 4) is 0 Å². The normalized spacial score (nSPS) is 40.4. The van der Waals surface area contributed by atoms with Gasteiger partial charge in [-0.15, -0.1) is 0 Å². The van der Waals surface area contributed by atoms with Crippen LogP contribution in [0.2, 0.25) is 0 Å². The van der Waals surface area contributed by atoms with Crippen LogP contribution in [0.5, 0.6) is 0 Å². The molecule has 5 nitrogen and oxygen atoms in total. The average Bonchev–Trinajstić information content (AvgIpc) is 2.84. The van der Waals surface area contributed by atoms with E-state index in [1.54, 1.807) is 0 Å². The summed E-state index contributed by atoms with van der Waals surface area (Å²) in [4.78, 5) is 12.4. The number of hydrogen-bond donors (Lipinski definition) is 1. The molecule has 0 radical (unpaired) electrons. The van der Waals surface area contributed by atoms with Crippen molar-refractivity contribution in [3.63, 3.8) is 0 Å². The van der Waals surface area contributed by atoms with Gasteiger partial charge in [-0.3, -0.25) is 9.35 Å². The van der Waals surface area contributed by atoms with Crippen molar-refractivity contribution in [2.75, 3.05) is 12.4 Å². The van der Waals surface area contributed by atoms with Crippen LogP contribution in [0.15, 0.2) is 0 Å². The van der Waals surface area contributed by atoms with E-state index in [4.69, 9.17) is 9.29 Å². The molecular formula is C13H20O5S. The summed E-state index contributed by atoms with van der Waals surface area (Å²) in [6.07, 6.45) is 6.49. The molecule has 19 heavy (non-hydrogen) atoms. The summed E-state index contributed by atoms with van der Waals surface area (Å²) in [5.74, 6) is 1.04. The standard InChI is InChI=1S/C13H20O5S/c14-12(18-4-5-19(15,16)17)13-3-1-2-10-6-9(8-13)7-11(10)13/h9-11H,1-8H2,(H,15,16,17). The molecule has 3 fully saturated rings. The predicted octanol–water partition coefficient (Wildman–Crippen LogP) is 1.63. The van der Waals surface area contributed by atoms with Gasteiger partial charge in [0.1, 0.15) is 12.4 Å². The van der Waals surface area contributed by atoms with Crippen LogP contribution < -0.4 is 0 Å². The Balaban J connectivity index is 1.66. The van der Waals surface area contributed by atoms with Gasteiger partial charge in [-0.25, -0.2) is 0 Å². The van der Waals surface area contributed by atoms with Crippen LogP contribution in [-0.2, 0) is 19.6 Å². The molecule has 3 saturated carbocycles. The molecule has 0 aliphatic heterocycles.